The van der Waals surface area contributed by atoms with Crippen LogP contribution in [0.3, 0.4) is 0 Å². The summed E-state index contributed by atoms with van der Waals surface area (Å²) >= 11 is 0. The lowest BCUT2D eigenvalue weighted by atomic mass is 10.1. The maximum absolute atomic E-state index is 11.4. The molecule has 0 radical (unpaired) electrons. The molecule has 1 aromatic heterocycles. The second kappa shape index (κ2) is 4.78. The number of esters is 1. The molecule has 1 fully saturated rings. The van der Waals surface area contributed by atoms with Gasteiger partial charge in [0.05, 0.1) is 24.8 Å². The topological polar surface area (TPSA) is 79.1 Å². The van der Waals surface area contributed by atoms with Crippen LogP contribution in [0.1, 0.15) is 12.0 Å². The van der Waals surface area contributed by atoms with Gasteiger partial charge in [-0.15, -0.1) is 5.10 Å². The van der Waals surface area contributed by atoms with Gasteiger partial charge in [0.15, 0.2) is 5.82 Å². The van der Waals surface area contributed by atoms with E-state index in [4.69, 9.17) is 10.00 Å². The van der Waals surface area contributed by atoms with E-state index in [-0.39, 0.29) is 11.9 Å². The van der Waals surface area contributed by atoms with E-state index in [2.05, 4.69) is 16.3 Å². The number of rotatable bonds is 2. The zero-order valence-corrected chi connectivity index (χ0v) is 9.46. The van der Waals surface area contributed by atoms with Crippen molar-refractivity contribution in [3.8, 4) is 6.07 Å². The molecule has 1 atom stereocenters. The van der Waals surface area contributed by atoms with Gasteiger partial charge in [-0.2, -0.15) is 10.4 Å². The molecule has 0 amide bonds. The van der Waals surface area contributed by atoms with Gasteiger partial charge >= 0.3 is 5.97 Å². The number of carbonyl (C=O) groups excluding carboxylic acids is 1. The first kappa shape index (κ1) is 11.3. The minimum Gasteiger partial charge on any atom is -0.469 e. The van der Waals surface area contributed by atoms with Crippen LogP contribution < -0.4 is 4.90 Å². The Morgan fingerprint density at radius 1 is 1.71 bits per heavy atom. The highest BCUT2D eigenvalue weighted by atomic mass is 16.5. The maximum atomic E-state index is 11.4. The van der Waals surface area contributed by atoms with Gasteiger partial charge in [0, 0.05) is 13.1 Å². The molecule has 1 aliphatic rings. The normalized spacial score (nSPS) is 18.8. The van der Waals surface area contributed by atoms with E-state index < -0.39 is 0 Å². The summed E-state index contributed by atoms with van der Waals surface area (Å²) in [5, 5.41) is 16.7. The minimum absolute atomic E-state index is 0.145. The average molecular weight is 232 g/mol. The molecule has 6 heteroatoms. The van der Waals surface area contributed by atoms with Crippen molar-refractivity contribution in [1.29, 1.82) is 5.26 Å². The van der Waals surface area contributed by atoms with Crippen LogP contribution in [0.4, 0.5) is 5.82 Å². The minimum atomic E-state index is -0.213. The van der Waals surface area contributed by atoms with Crippen molar-refractivity contribution in [3.63, 3.8) is 0 Å². The first-order valence-corrected chi connectivity index (χ1v) is 5.31. The second-order valence-electron chi connectivity index (χ2n) is 3.84. The number of nitrogens with zero attached hydrogens (tertiary/aromatic N) is 4. The lowest BCUT2D eigenvalue weighted by Crippen LogP contribution is -2.25. The van der Waals surface area contributed by atoms with Crippen LogP contribution in [-0.2, 0) is 9.53 Å². The van der Waals surface area contributed by atoms with Gasteiger partial charge in [-0.1, -0.05) is 0 Å². The molecule has 0 saturated carbocycles. The van der Waals surface area contributed by atoms with Gasteiger partial charge in [-0.05, 0) is 12.5 Å². The monoisotopic (exact) mass is 232 g/mol. The number of aromatic nitrogens is 2. The van der Waals surface area contributed by atoms with Crippen LogP contribution in [0.15, 0.2) is 12.3 Å². The van der Waals surface area contributed by atoms with E-state index in [1.807, 2.05) is 4.90 Å². The smallest absolute Gasteiger partial charge is 0.310 e. The summed E-state index contributed by atoms with van der Waals surface area (Å²) < 4.78 is 4.71. The third-order valence-electron chi connectivity index (χ3n) is 2.84. The molecule has 0 bridgehead atoms. The van der Waals surface area contributed by atoms with Crippen molar-refractivity contribution in [3.05, 3.63) is 17.8 Å². The Labute approximate surface area is 98.8 Å². The largest absolute Gasteiger partial charge is 0.469 e. The summed E-state index contributed by atoms with van der Waals surface area (Å²) in [7, 11) is 1.38. The Hall–Kier alpha value is -2.16. The van der Waals surface area contributed by atoms with Gasteiger partial charge in [-0.3, -0.25) is 4.79 Å². The van der Waals surface area contributed by atoms with Gasteiger partial charge in [-0.25, -0.2) is 0 Å². The van der Waals surface area contributed by atoms with Crippen molar-refractivity contribution >= 4 is 11.8 Å². The fraction of sp³-hybridized carbons (Fsp3) is 0.455. The summed E-state index contributed by atoms with van der Waals surface area (Å²) in [6.07, 6.45) is 2.20. The zero-order valence-electron chi connectivity index (χ0n) is 9.46. The standard InChI is InChI=1S/C11H12N4O2/c1-17-11(16)9-3-5-15(7-9)10-8(6-12)2-4-13-14-10/h2,4,9H,3,5,7H2,1H3. The quantitative estimate of drug-likeness (QED) is 0.684. The van der Waals surface area contributed by atoms with Crippen molar-refractivity contribution < 1.29 is 9.53 Å². The SMILES string of the molecule is COC(=O)C1CCN(c2nnccc2C#N)C1. The lowest BCUT2D eigenvalue weighted by Gasteiger charge is -2.16. The molecule has 1 unspecified atom stereocenters. The number of methoxy groups -OCH3 is 1. The van der Waals surface area contributed by atoms with Crippen LogP contribution >= 0.6 is 0 Å². The Bertz CT molecular complexity index is 469. The zero-order chi connectivity index (χ0) is 12.3. The molecule has 17 heavy (non-hydrogen) atoms. The molecule has 1 aliphatic heterocycles. The highest BCUT2D eigenvalue weighted by molar-refractivity contribution is 5.74. The van der Waals surface area contributed by atoms with Crippen molar-refractivity contribution in [2.45, 2.75) is 6.42 Å². The van der Waals surface area contributed by atoms with E-state index >= 15 is 0 Å². The van der Waals surface area contributed by atoms with Crippen molar-refractivity contribution in [2.24, 2.45) is 5.92 Å². The summed E-state index contributed by atoms with van der Waals surface area (Å²) in [4.78, 5) is 13.3. The van der Waals surface area contributed by atoms with E-state index in [0.717, 1.165) is 0 Å². The maximum Gasteiger partial charge on any atom is 0.310 e. The fourth-order valence-electron chi connectivity index (χ4n) is 1.96. The highest BCUT2D eigenvalue weighted by Crippen LogP contribution is 2.24. The molecule has 2 rings (SSSR count). The van der Waals surface area contributed by atoms with Gasteiger partial charge in [0.1, 0.15) is 6.07 Å². The van der Waals surface area contributed by atoms with Crippen LogP contribution in [-0.4, -0.2) is 36.4 Å². The molecule has 2 heterocycles. The number of ether oxygens (including phenoxy) is 1. The van der Waals surface area contributed by atoms with Crippen molar-refractivity contribution in [2.75, 3.05) is 25.1 Å². The van der Waals surface area contributed by atoms with Gasteiger partial charge < -0.3 is 9.64 Å². The Morgan fingerprint density at radius 2 is 2.53 bits per heavy atom. The third-order valence-corrected chi connectivity index (χ3v) is 2.84. The molecule has 1 aromatic rings. The first-order valence-electron chi connectivity index (χ1n) is 5.31. The Morgan fingerprint density at radius 3 is 3.24 bits per heavy atom. The van der Waals surface area contributed by atoms with Crippen LogP contribution in [0.5, 0.6) is 0 Å². The number of anilines is 1. The van der Waals surface area contributed by atoms with E-state index in [0.29, 0.717) is 30.9 Å². The fourth-order valence-corrected chi connectivity index (χ4v) is 1.96. The molecule has 0 aromatic carbocycles. The molecule has 0 N–H and O–H groups in total. The van der Waals surface area contributed by atoms with Gasteiger partial charge in [0.25, 0.3) is 0 Å². The first-order chi connectivity index (χ1) is 8.26. The Balaban J connectivity index is 2.16. The lowest BCUT2D eigenvalue weighted by molar-refractivity contribution is -0.144. The third kappa shape index (κ3) is 2.18. The van der Waals surface area contributed by atoms with E-state index in [1.165, 1.54) is 13.3 Å². The predicted molar refractivity (Wildman–Crippen MR) is 59.1 cm³/mol. The summed E-state index contributed by atoms with van der Waals surface area (Å²) in [5.41, 5.74) is 0.477. The molecular formula is C11H12N4O2. The van der Waals surface area contributed by atoms with Crippen LogP contribution in [0.2, 0.25) is 0 Å². The Kier molecular flexibility index (Phi) is 3.19. The second-order valence-corrected chi connectivity index (χ2v) is 3.84. The van der Waals surface area contributed by atoms with E-state index in [1.54, 1.807) is 6.07 Å². The number of hydrogen-bond acceptors (Lipinski definition) is 6. The number of carbonyl (C=O) groups is 1. The number of hydrogen-bond donors (Lipinski definition) is 0. The number of nitriles is 1. The van der Waals surface area contributed by atoms with E-state index in [9.17, 15) is 4.79 Å². The molecular weight excluding hydrogens is 220 g/mol. The molecule has 0 aliphatic carbocycles. The molecule has 0 spiro atoms. The van der Waals surface area contributed by atoms with Crippen LogP contribution in [0.25, 0.3) is 0 Å². The predicted octanol–water partition coefficient (Wildman–Crippen LogP) is 0.348. The summed E-state index contributed by atoms with van der Waals surface area (Å²) in [6.45, 7) is 1.22. The molecule has 1 saturated heterocycles. The summed E-state index contributed by atoms with van der Waals surface area (Å²) in [6, 6.07) is 3.69. The summed E-state index contributed by atoms with van der Waals surface area (Å²) in [5.74, 6) is 0.185. The molecule has 6 nitrogen and oxygen atoms in total. The molecule has 88 valence electrons. The highest BCUT2D eigenvalue weighted by Gasteiger charge is 2.30. The van der Waals surface area contributed by atoms with Gasteiger partial charge in [0.2, 0.25) is 0 Å². The van der Waals surface area contributed by atoms with Crippen LogP contribution in [0, 0.1) is 17.2 Å². The average Bonchev–Trinajstić information content (AvgIpc) is 2.87. The van der Waals surface area contributed by atoms with Crippen molar-refractivity contribution in [1.82, 2.24) is 10.2 Å².